The minimum Gasteiger partial charge on any atom is -0.490 e. The van der Waals surface area contributed by atoms with E-state index in [-0.39, 0.29) is 5.82 Å². The number of fused-ring (bicyclic) bond motifs is 2. The summed E-state index contributed by atoms with van der Waals surface area (Å²) in [5.41, 5.74) is 6.46. The molecule has 19 heavy (non-hydrogen) atoms. The molecule has 3 unspecified atom stereocenters. The van der Waals surface area contributed by atoms with Crippen LogP contribution in [-0.4, -0.2) is 13.2 Å². The Labute approximate surface area is 114 Å². The van der Waals surface area contributed by atoms with Crippen LogP contribution in [0.1, 0.15) is 31.2 Å². The maximum Gasteiger partial charge on any atom is 0.165 e. The first-order chi connectivity index (χ1) is 9.28. The van der Waals surface area contributed by atoms with Crippen LogP contribution in [0, 0.1) is 23.6 Å². The van der Waals surface area contributed by atoms with Crippen molar-refractivity contribution in [2.75, 3.05) is 13.2 Å². The highest BCUT2D eigenvalue weighted by Gasteiger charge is 2.39. The second kappa shape index (κ2) is 5.49. The van der Waals surface area contributed by atoms with Crippen LogP contribution in [-0.2, 0) is 6.42 Å². The lowest BCUT2D eigenvalue weighted by Crippen LogP contribution is -2.19. The normalized spacial score (nSPS) is 28.8. The van der Waals surface area contributed by atoms with E-state index in [4.69, 9.17) is 10.5 Å². The van der Waals surface area contributed by atoms with E-state index in [9.17, 15) is 4.39 Å². The number of halogens is 1. The second-order valence-electron chi connectivity index (χ2n) is 6.01. The van der Waals surface area contributed by atoms with Gasteiger partial charge in [-0.1, -0.05) is 18.6 Å². The van der Waals surface area contributed by atoms with Crippen molar-refractivity contribution >= 4 is 0 Å². The highest BCUT2D eigenvalue weighted by atomic mass is 19.1. The molecule has 1 aromatic rings. The van der Waals surface area contributed by atoms with Gasteiger partial charge in [0.05, 0.1) is 6.61 Å². The monoisotopic (exact) mass is 263 g/mol. The van der Waals surface area contributed by atoms with Gasteiger partial charge >= 0.3 is 0 Å². The van der Waals surface area contributed by atoms with Crippen LogP contribution in [0.2, 0.25) is 0 Å². The molecule has 2 N–H and O–H groups in total. The van der Waals surface area contributed by atoms with Crippen LogP contribution in [0.3, 0.4) is 0 Å². The van der Waals surface area contributed by atoms with E-state index in [1.54, 1.807) is 6.07 Å². The lowest BCUT2D eigenvalue weighted by atomic mass is 9.89. The quantitative estimate of drug-likeness (QED) is 0.885. The molecule has 2 aliphatic rings. The third kappa shape index (κ3) is 2.62. The SMILES string of the molecule is NCCc1cccc(F)c1OCC1CC2CCC1C2. The van der Waals surface area contributed by atoms with Crippen molar-refractivity contribution in [3.8, 4) is 5.75 Å². The third-order valence-electron chi connectivity index (χ3n) is 4.79. The second-order valence-corrected chi connectivity index (χ2v) is 6.01. The van der Waals surface area contributed by atoms with Crippen LogP contribution in [0.5, 0.6) is 5.75 Å². The molecule has 0 spiro atoms. The maximum absolute atomic E-state index is 13.9. The zero-order chi connectivity index (χ0) is 13.2. The highest BCUT2D eigenvalue weighted by Crippen LogP contribution is 2.48. The van der Waals surface area contributed by atoms with Gasteiger partial charge in [-0.2, -0.15) is 0 Å². The fraction of sp³-hybridized carbons (Fsp3) is 0.625. The van der Waals surface area contributed by atoms with Crippen LogP contribution in [0.25, 0.3) is 0 Å². The van der Waals surface area contributed by atoms with Crippen LogP contribution in [0.4, 0.5) is 4.39 Å². The molecule has 3 heteroatoms. The van der Waals surface area contributed by atoms with Gasteiger partial charge in [0.2, 0.25) is 0 Å². The Hall–Kier alpha value is -1.09. The number of hydrogen-bond donors (Lipinski definition) is 1. The average Bonchev–Trinajstić information content (AvgIpc) is 3.00. The van der Waals surface area contributed by atoms with Gasteiger partial charge < -0.3 is 10.5 Å². The van der Waals surface area contributed by atoms with Gasteiger partial charge in [0.1, 0.15) is 0 Å². The molecule has 2 aliphatic carbocycles. The zero-order valence-corrected chi connectivity index (χ0v) is 11.3. The average molecular weight is 263 g/mol. The third-order valence-corrected chi connectivity index (χ3v) is 4.79. The molecule has 2 bridgehead atoms. The summed E-state index contributed by atoms with van der Waals surface area (Å²) >= 11 is 0. The lowest BCUT2D eigenvalue weighted by molar-refractivity contribution is 0.188. The molecule has 2 fully saturated rings. The highest BCUT2D eigenvalue weighted by molar-refractivity contribution is 5.35. The van der Waals surface area contributed by atoms with Gasteiger partial charge in [-0.3, -0.25) is 0 Å². The first kappa shape index (κ1) is 12.9. The molecular weight excluding hydrogens is 241 g/mol. The summed E-state index contributed by atoms with van der Waals surface area (Å²) < 4.78 is 19.7. The molecule has 0 heterocycles. The zero-order valence-electron chi connectivity index (χ0n) is 11.3. The van der Waals surface area contributed by atoms with Crippen LogP contribution < -0.4 is 10.5 Å². The Morgan fingerprint density at radius 3 is 2.84 bits per heavy atom. The number of benzene rings is 1. The van der Waals surface area contributed by atoms with E-state index in [0.29, 0.717) is 31.2 Å². The van der Waals surface area contributed by atoms with Crippen molar-refractivity contribution in [3.05, 3.63) is 29.6 Å². The van der Waals surface area contributed by atoms with Gasteiger partial charge in [0.15, 0.2) is 11.6 Å². The smallest absolute Gasteiger partial charge is 0.165 e. The fourth-order valence-electron chi connectivity index (χ4n) is 3.84. The summed E-state index contributed by atoms with van der Waals surface area (Å²) in [6.07, 6.45) is 6.03. The predicted octanol–water partition coefficient (Wildman–Crippen LogP) is 3.14. The van der Waals surface area contributed by atoms with Crippen molar-refractivity contribution in [2.24, 2.45) is 23.5 Å². The molecule has 0 aliphatic heterocycles. The molecule has 0 aromatic heterocycles. The Morgan fingerprint density at radius 1 is 1.26 bits per heavy atom. The summed E-state index contributed by atoms with van der Waals surface area (Å²) in [5, 5.41) is 0. The Bertz CT molecular complexity index is 448. The Kier molecular flexibility index (Phi) is 3.74. The van der Waals surface area contributed by atoms with Crippen molar-refractivity contribution < 1.29 is 9.13 Å². The topological polar surface area (TPSA) is 35.2 Å². The van der Waals surface area contributed by atoms with Crippen molar-refractivity contribution in [1.82, 2.24) is 0 Å². The molecule has 0 radical (unpaired) electrons. The summed E-state index contributed by atoms with van der Waals surface area (Å²) in [7, 11) is 0. The van der Waals surface area contributed by atoms with Gasteiger partial charge in [0, 0.05) is 0 Å². The van der Waals surface area contributed by atoms with Crippen molar-refractivity contribution in [2.45, 2.75) is 32.1 Å². The number of hydrogen-bond acceptors (Lipinski definition) is 2. The van der Waals surface area contributed by atoms with E-state index in [1.807, 2.05) is 6.07 Å². The maximum atomic E-state index is 13.9. The van der Waals surface area contributed by atoms with Crippen LogP contribution >= 0.6 is 0 Å². The minimum atomic E-state index is -0.255. The fourth-order valence-corrected chi connectivity index (χ4v) is 3.84. The number of ether oxygens (including phenoxy) is 1. The largest absolute Gasteiger partial charge is 0.490 e. The first-order valence-corrected chi connectivity index (χ1v) is 7.38. The molecule has 0 saturated heterocycles. The summed E-state index contributed by atoms with van der Waals surface area (Å²) in [6.45, 7) is 1.19. The van der Waals surface area contributed by atoms with Crippen LogP contribution in [0.15, 0.2) is 18.2 Å². The van der Waals surface area contributed by atoms with Gasteiger partial charge in [0.25, 0.3) is 0 Å². The van der Waals surface area contributed by atoms with E-state index in [1.165, 1.54) is 31.7 Å². The number of nitrogens with two attached hydrogens (primary N) is 1. The minimum absolute atomic E-state index is 0.255. The molecule has 0 amide bonds. The van der Waals surface area contributed by atoms with E-state index >= 15 is 0 Å². The number of rotatable bonds is 5. The lowest BCUT2D eigenvalue weighted by Gasteiger charge is -2.22. The predicted molar refractivity (Wildman–Crippen MR) is 73.6 cm³/mol. The summed E-state index contributed by atoms with van der Waals surface area (Å²) in [4.78, 5) is 0. The molecular formula is C16H22FNO. The van der Waals surface area contributed by atoms with Crippen molar-refractivity contribution in [3.63, 3.8) is 0 Å². The standard InChI is InChI=1S/C16H22FNO/c17-15-3-1-2-12(6-7-18)16(15)19-10-14-9-11-4-5-13(14)8-11/h1-3,11,13-14H,4-10,18H2. The van der Waals surface area contributed by atoms with Crippen molar-refractivity contribution in [1.29, 1.82) is 0 Å². The Morgan fingerprint density at radius 2 is 2.16 bits per heavy atom. The van der Waals surface area contributed by atoms with Gasteiger partial charge in [-0.15, -0.1) is 0 Å². The molecule has 104 valence electrons. The molecule has 2 nitrogen and oxygen atoms in total. The van der Waals surface area contributed by atoms with Gasteiger partial charge in [-0.05, 0) is 61.6 Å². The van der Waals surface area contributed by atoms with Gasteiger partial charge in [-0.25, -0.2) is 4.39 Å². The molecule has 3 atom stereocenters. The van der Waals surface area contributed by atoms with E-state index in [0.717, 1.165) is 17.4 Å². The van der Waals surface area contributed by atoms with E-state index in [2.05, 4.69) is 0 Å². The van der Waals surface area contributed by atoms with E-state index < -0.39 is 0 Å². The first-order valence-electron chi connectivity index (χ1n) is 7.38. The molecule has 2 saturated carbocycles. The molecule has 3 rings (SSSR count). The summed E-state index contributed by atoms with van der Waals surface area (Å²) in [6, 6.07) is 5.10. The number of para-hydroxylation sites is 1. The summed E-state index contributed by atoms with van der Waals surface area (Å²) in [5.74, 6) is 2.52. The molecule has 1 aromatic carbocycles. The Balaban J connectivity index is 1.66.